The fourth-order valence-corrected chi connectivity index (χ4v) is 5.63. The van der Waals surface area contributed by atoms with Gasteiger partial charge in [0, 0.05) is 17.1 Å². The molecule has 3 rings (SSSR count). The molecule has 0 aliphatic heterocycles. The van der Waals surface area contributed by atoms with Crippen LogP contribution in [0.4, 0.5) is 5.69 Å². The average molecular weight is 631 g/mol. The molecule has 0 heterocycles. The molecule has 0 spiro atoms. The SMILES string of the molecule is CC[C@H](C)NC(=O)[C@H](C)N(Cc1ccc(Br)cc1)C(=O)CN(c1ccc(OC)cc1)S(=O)(=O)c1ccc(C)cc1. The zero-order valence-corrected chi connectivity index (χ0v) is 25.8. The molecule has 2 atom stereocenters. The number of anilines is 1. The molecule has 0 bridgehead atoms. The number of sulfonamides is 1. The first-order valence-corrected chi connectivity index (χ1v) is 15.3. The highest BCUT2D eigenvalue weighted by molar-refractivity contribution is 9.10. The van der Waals surface area contributed by atoms with E-state index in [1.54, 1.807) is 43.3 Å². The Balaban J connectivity index is 2.02. The zero-order chi connectivity index (χ0) is 29.4. The van der Waals surface area contributed by atoms with Crippen molar-refractivity contribution in [2.45, 2.75) is 57.6 Å². The van der Waals surface area contributed by atoms with E-state index in [1.807, 2.05) is 45.0 Å². The summed E-state index contributed by atoms with van der Waals surface area (Å²) in [6.07, 6.45) is 0.735. The van der Waals surface area contributed by atoms with E-state index in [-0.39, 0.29) is 23.4 Å². The third-order valence-corrected chi connectivity index (χ3v) is 9.00. The van der Waals surface area contributed by atoms with Gasteiger partial charge in [0.2, 0.25) is 11.8 Å². The second-order valence-corrected chi connectivity index (χ2v) is 12.4. The van der Waals surface area contributed by atoms with Gasteiger partial charge >= 0.3 is 0 Å². The van der Waals surface area contributed by atoms with Crippen LogP contribution >= 0.6 is 15.9 Å². The molecule has 0 aromatic heterocycles. The number of aryl methyl sites for hydroxylation is 1. The predicted octanol–water partition coefficient (Wildman–Crippen LogP) is 5.29. The number of nitrogens with one attached hydrogen (secondary N) is 1. The van der Waals surface area contributed by atoms with Crippen molar-refractivity contribution in [3.63, 3.8) is 0 Å². The van der Waals surface area contributed by atoms with Crippen LogP contribution in [0.15, 0.2) is 82.2 Å². The lowest BCUT2D eigenvalue weighted by Crippen LogP contribution is -2.52. The maximum Gasteiger partial charge on any atom is 0.264 e. The van der Waals surface area contributed by atoms with E-state index in [1.165, 1.54) is 24.1 Å². The Morgan fingerprint density at radius 1 is 0.950 bits per heavy atom. The first-order chi connectivity index (χ1) is 19.0. The molecule has 0 radical (unpaired) electrons. The van der Waals surface area contributed by atoms with Crippen LogP contribution in [0.3, 0.4) is 0 Å². The summed E-state index contributed by atoms with van der Waals surface area (Å²) in [6.45, 7) is 7.00. The predicted molar refractivity (Wildman–Crippen MR) is 161 cm³/mol. The van der Waals surface area contributed by atoms with Crippen LogP contribution in [0.2, 0.25) is 0 Å². The first-order valence-electron chi connectivity index (χ1n) is 13.0. The van der Waals surface area contributed by atoms with Gasteiger partial charge in [0.05, 0.1) is 17.7 Å². The van der Waals surface area contributed by atoms with Crippen molar-refractivity contribution >= 4 is 43.5 Å². The smallest absolute Gasteiger partial charge is 0.264 e. The first kappa shape index (κ1) is 31.2. The molecule has 0 aliphatic carbocycles. The van der Waals surface area contributed by atoms with Crippen LogP contribution in [-0.4, -0.2) is 50.9 Å². The highest BCUT2D eigenvalue weighted by atomic mass is 79.9. The van der Waals surface area contributed by atoms with E-state index in [9.17, 15) is 18.0 Å². The summed E-state index contributed by atoms with van der Waals surface area (Å²) in [5.41, 5.74) is 2.01. The third kappa shape index (κ3) is 7.85. The highest BCUT2D eigenvalue weighted by Crippen LogP contribution is 2.27. The largest absolute Gasteiger partial charge is 0.497 e. The molecule has 1 N–H and O–H groups in total. The third-order valence-electron chi connectivity index (χ3n) is 6.68. The Morgan fingerprint density at radius 2 is 1.55 bits per heavy atom. The van der Waals surface area contributed by atoms with Crippen LogP contribution in [-0.2, 0) is 26.2 Å². The molecule has 0 aliphatic rings. The summed E-state index contributed by atoms with van der Waals surface area (Å²) in [4.78, 5) is 28.6. The van der Waals surface area contributed by atoms with Gasteiger partial charge in [-0.1, -0.05) is 52.7 Å². The number of carbonyl (C=O) groups is 2. The Kier molecular flexibility index (Phi) is 10.8. The molecular weight excluding hydrogens is 594 g/mol. The standard InChI is InChI=1S/C30H36BrN3O5S/c1-6-22(3)32-30(36)23(4)33(19-24-9-11-25(31)12-10-24)29(35)20-34(26-13-15-27(39-5)16-14-26)40(37,38)28-17-7-21(2)8-18-28/h7-18,22-23H,6,19-20H2,1-5H3,(H,32,36)/t22-,23-/m0/s1. The number of amides is 2. The van der Waals surface area contributed by atoms with E-state index in [0.29, 0.717) is 11.4 Å². The summed E-state index contributed by atoms with van der Waals surface area (Å²) < 4.78 is 35.0. The van der Waals surface area contributed by atoms with Gasteiger partial charge in [0.15, 0.2) is 0 Å². The molecule has 3 aromatic rings. The van der Waals surface area contributed by atoms with E-state index in [2.05, 4.69) is 21.2 Å². The second-order valence-electron chi connectivity index (χ2n) is 9.66. The lowest BCUT2D eigenvalue weighted by molar-refractivity contribution is -0.139. The molecule has 40 heavy (non-hydrogen) atoms. The van der Waals surface area contributed by atoms with Crippen LogP contribution in [0.5, 0.6) is 5.75 Å². The minimum Gasteiger partial charge on any atom is -0.497 e. The number of rotatable bonds is 12. The number of benzene rings is 3. The quantitative estimate of drug-likeness (QED) is 0.294. The van der Waals surface area contributed by atoms with Crippen LogP contribution in [0.25, 0.3) is 0 Å². The van der Waals surface area contributed by atoms with Gasteiger partial charge in [0.1, 0.15) is 18.3 Å². The van der Waals surface area contributed by atoms with Crippen molar-refractivity contribution in [2.75, 3.05) is 18.0 Å². The number of methoxy groups -OCH3 is 1. The Labute approximate surface area is 245 Å². The minimum atomic E-state index is -4.13. The minimum absolute atomic E-state index is 0.0590. The molecule has 3 aromatic carbocycles. The molecular formula is C30H36BrN3O5S. The monoisotopic (exact) mass is 629 g/mol. The molecule has 8 nitrogen and oxygen atoms in total. The number of nitrogens with zero attached hydrogens (tertiary/aromatic N) is 2. The normalized spacial score (nSPS) is 12.8. The molecule has 0 unspecified atom stereocenters. The Morgan fingerprint density at radius 3 is 2.10 bits per heavy atom. The van der Waals surface area contributed by atoms with E-state index >= 15 is 0 Å². The molecule has 0 fully saturated rings. The van der Waals surface area contributed by atoms with Crippen molar-refractivity contribution in [3.05, 3.63) is 88.4 Å². The van der Waals surface area contributed by atoms with Gasteiger partial charge in [-0.2, -0.15) is 0 Å². The van der Waals surface area contributed by atoms with Crippen molar-refractivity contribution < 1.29 is 22.7 Å². The van der Waals surface area contributed by atoms with E-state index in [4.69, 9.17) is 4.74 Å². The van der Waals surface area contributed by atoms with Crippen molar-refractivity contribution in [2.24, 2.45) is 0 Å². The lowest BCUT2D eigenvalue weighted by Gasteiger charge is -2.32. The van der Waals surface area contributed by atoms with Crippen LogP contribution in [0, 0.1) is 6.92 Å². The number of halogens is 1. The van der Waals surface area contributed by atoms with Crippen molar-refractivity contribution in [3.8, 4) is 5.75 Å². The maximum absolute atomic E-state index is 14.0. The van der Waals surface area contributed by atoms with Gasteiger partial charge in [-0.25, -0.2) is 8.42 Å². The maximum atomic E-state index is 14.0. The number of carbonyl (C=O) groups excluding carboxylic acids is 2. The fourth-order valence-electron chi connectivity index (χ4n) is 3.95. The summed E-state index contributed by atoms with van der Waals surface area (Å²) in [5.74, 6) is -0.270. The van der Waals surface area contributed by atoms with Gasteiger partial charge in [-0.05, 0) is 81.3 Å². The van der Waals surface area contributed by atoms with Crippen LogP contribution < -0.4 is 14.4 Å². The number of hydrogen-bond acceptors (Lipinski definition) is 5. The van der Waals surface area contributed by atoms with Crippen molar-refractivity contribution in [1.29, 1.82) is 0 Å². The summed E-state index contributed by atoms with van der Waals surface area (Å²) >= 11 is 3.42. The average Bonchev–Trinajstić information content (AvgIpc) is 2.95. The van der Waals surface area contributed by atoms with Crippen LogP contribution in [0.1, 0.15) is 38.3 Å². The van der Waals surface area contributed by atoms with E-state index in [0.717, 1.165) is 26.3 Å². The summed E-state index contributed by atoms with van der Waals surface area (Å²) in [6, 6.07) is 19.4. The Bertz CT molecular complexity index is 1390. The van der Waals surface area contributed by atoms with Gasteiger partial charge in [0.25, 0.3) is 10.0 Å². The molecule has 0 saturated heterocycles. The van der Waals surface area contributed by atoms with E-state index < -0.39 is 28.5 Å². The molecule has 10 heteroatoms. The lowest BCUT2D eigenvalue weighted by atomic mass is 10.1. The summed E-state index contributed by atoms with van der Waals surface area (Å²) in [5, 5.41) is 2.93. The topological polar surface area (TPSA) is 96.0 Å². The molecule has 214 valence electrons. The van der Waals surface area contributed by atoms with Gasteiger partial charge in [-0.3, -0.25) is 13.9 Å². The summed E-state index contributed by atoms with van der Waals surface area (Å²) in [7, 11) is -2.61. The van der Waals surface area contributed by atoms with Crippen molar-refractivity contribution in [1.82, 2.24) is 10.2 Å². The Hall–Kier alpha value is -3.37. The number of ether oxygens (including phenoxy) is 1. The second kappa shape index (κ2) is 13.8. The number of hydrogen-bond donors (Lipinski definition) is 1. The molecule has 0 saturated carbocycles. The zero-order valence-electron chi connectivity index (χ0n) is 23.4. The molecule has 2 amide bonds. The highest BCUT2D eigenvalue weighted by Gasteiger charge is 2.32. The van der Waals surface area contributed by atoms with Gasteiger partial charge < -0.3 is 15.0 Å². The van der Waals surface area contributed by atoms with Gasteiger partial charge in [-0.15, -0.1) is 0 Å². The fraction of sp³-hybridized carbons (Fsp3) is 0.333.